The first kappa shape index (κ1) is 13.8. The second-order valence-corrected chi connectivity index (χ2v) is 5.56. The first-order chi connectivity index (χ1) is 8.99. The highest BCUT2D eigenvalue weighted by molar-refractivity contribution is 7.73. The number of carbonyl (C=O) groups excluding carboxylic acids is 1. The van der Waals surface area contributed by atoms with Gasteiger partial charge >= 0.3 is 0 Å². The molecule has 0 amide bonds. The molecule has 0 bridgehead atoms. The van der Waals surface area contributed by atoms with Gasteiger partial charge in [-0.15, -0.1) is 0 Å². The summed E-state index contributed by atoms with van der Waals surface area (Å²) >= 11 is 5.40. The Morgan fingerprint density at radius 3 is 2.37 bits per heavy atom. The fraction of sp³-hybridized carbons (Fsp3) is 0.143. The molecule has 0 heterocycles. The van der Waals surface area contributed by atoms with Crippen LogP contribution in [0, 0.1) is 12.8 Å². The highest BCUT2D eigenvalue weighted by atomic mass is 35.5. The third kappa shape index (κ3) is 3.03. The van der Waals surface area contributed by atoms with Gasteiger partial charge in [0.25, 0.3) is 0 Å². The highest BCUT2D eigenvalue weighted by Gasteiger charge is 2.23. The zero-order valence-electron chi connectivity index (χ0n) is 10.1. The van der Waals surface area contributed by atoms with E-state index in [2.05, 4.69) is 0 Å². The lowest BCUT2D eigenvalue weighted by Crippen LogP contribution is -2.20. The number of carbonyl (C=O) groups is 1. The van der Waals surface area contributed by atoms with Crippen molar-refractivity contribution in [2.45, 2.75) is 6.92 Å². The largest absolute Gasteiger partial charge is 0.280 e. The molecule has 0 fully saturated rings. The van der Waals surface area contributed by atoms with Gasteiger partial charge in [-0.25, -0.2) is 0 Å². The molecule has 1 aliphatic carbocycles. The molecule has 0 aliphatic heterocycles. The van der Waals surface area contributed by atoms with Crippen LogP contribution in [0.4, 0.5) is 0 Å². The topological polar surface area (TPSA) is 51.2 Å². The van der Waals surface area contributed by atoms with Crippen molar-refractivity contribution in [3.8, 4) is 0 Å². The molecule has 0 spiro atoms. The Labute approximate surface area is 117 Å². The molecule has 1 unspecified atom stereocenters. The van der Waals surface area contributed by atoms with Crippen LogP contribution >= 0.6 is 11.6 Å². The van der Waals surface area contributed by atoms with Crippen molar-refractivity contribution in [3.05, 3.63) is 53.6 Å². The summed E-state index contributed by atoms with van der Waals surface area (Å²) in [5.74, 6) is -0.894. The van der Waals surface area contributed by atoms with Gasteiger partial charge in [0, 0.05) is 0 Å². The molecule has 98 valence electrons. The second-order valence-electron chi connectivity index (χ2n) is 4.24. The van der Waals surface area contributed by atoms with Crippen molar-refractivity contribution < 1.29 is 13.2 Å². The molecule has 0 saturated carbocycles. The molecule has 0 aromatic heterocycles. The van der Waals surface area contributed by atoms with Gasteiger partial charge in [0.1, 0.15) is 0 Å². The molecule has 2 rings (SSSR count). The van der Waals surface area contributed by atoms with Gasteiger partial charge in [0.05, 0.1) is 10.8 Å². The van der Waals surface area contributed by atoms with Gasteiger partial charge in [-0.2, -0.15) is 8.42 Å². The first-order valence-electron chi connectivity index (χ1n) is 5.61. The average Bonchev–Trinajstić information content (AvgIpc) is 2.38. The Kier molecular flexibility index (Phi) is 4.02. The van der Waals surface area contributed by atoms with Gasteiger partial charge in [-0.1, -0.05) is 42.0 Å². The number of hydrogen-bond acceptors (Lipinski definition) is 3. The second kappa shape index (κ2) is 5.55. The zero-order valence-corrected chi connectivity index (χ0v) is 11.7. The van der Waals surface area contributed by atoms with Gasteiger partial charge in [0.15, 0.2) is 0 Å². The molecule has 1 aliphatic rings. The summed E-state index contributed by atoms with van der Waals surface area (Å²) in [5.41, 5.74) is 2.76. The molecular formula is C14H11ClO3S. The number of aryl methyl sites for hydroxylation is 1. The average molecular weight is 295 g/mol. The molecule has 0 N–H and O–H groups in total. The third-order valence-electron chi connectivity index (χ3n) is 2.89. The minimum atomic E-state index is -2.47. The van der Waals surface area contributed by atoms with E-state index >= 15 is 0 Å². The quantitative estimate of drug-likeness (QED) is 0.621. The molecule has 3 nitrogen and oxygen atoms in total. The van der Waals surface area contributed by atoms with E-state index < -0.39 is 21.5 Å². The molecule has 0 saturated heterocycles. The van der Waals surface area contributed by atoms with Crippen molar-refractivity contribution in [2.75, 3.05) is 0 Å². The Morgan fingerprint density at radius 2 is 1.84 bits per heavy atom. The van der Waals surface area contributed by atoms with E-state index in [1.54, 1.807) is 6.08 Å². The molecule has 19 heavy (non-hydrogen) atoms. The van der Waals surface area contributed by atoms with Crippen LogP contribution in [-0.4, -0.2) is 18.5 Å². The number of benzene rings is 1. The van der Waals surface area contributed by atoms with Crippen molar-refractivity contribution in [3.63, 3.8) is 0 Å². The third-order valence-corrected chi connectivity index (χ3v) is 3.89. The summed E-state index contributed by atoms with van der Waals surface area (Å²) in [6.45, 7) is 1.97. The molecule has 1 atom stereocenters. The Hall–Kier alpha value is -1.65. The summed E-state index contributed by atoms with van der Waals surface area (Å²) in [6, 6.07) is 7.69. The van der Waals surface area contributed by atoms with Crippen molar-refractivity contribution in [1.29, 1.82) is 0 Å². The SMILES string of the molecule is Cc1ccc(C2=CC(=S(=O)=O)C(C(=O)Cl)C=C2)cc1. The minimum Gasteiger partial charge on any atom is -0.280 e. The Balaban J connectivity index is 2.49. The summed E-state index contributed by atoms with van der Waals surface area (Å²) in [7, 11) is -2.47. The smallest absolute Gasteiger partial charge is 0.233 e. The normalized spacial score (nSPS) is 18.1. The highest BCUT2D eigenvalue weighted by Crippen LogP contribution is 2.24. The van der Waals surface area contributed by atoms with Gasteiger partial charge in [-0.3, -0.25) is 4.79 Å². The van der Waals surface area contributed by atoms with E-state index in [0.29, 0.717) is 0 Å². The van der Waals surface area contributed by atoms with Crippen LogP contribution < -0.4 is 0 Å². The van der Waals surface area contributed by atoms with Crippen molar-refractivity contribution in [1.82, 2.24) is 0 Å². The van der Waals surface area contributed by atoms with Crippen LogP contribution in [0.3, 0.4) is 0 Å². The fourth-order valence-electron chi connectivity index (χ4n) is 1.85. The predicted octanol–water partition coefficient (Wildman–Crippen LogP) is 2.38. The molecule has 5 heteroatoms. The Morgan fingerprint density at radius 1 is 1.21 bits per heavy atom. The van der Waals surface area contributed by atoms with Crippen molar-refractivity contribution in [2.24, 2.45) is 5.92 Å². The summed E-state index contributed by atoms with van der Waals surface area (Å²) < 4.78 is 22.3. The lowest BCUT2D eigenvalue weighted by atomic mass is 9.93. The van der Waals surface area contributed by atoms with Gasteiger partial charge in [-0.05, 0) is 35.7 Å². The maximum Gasteiger partial charge on any atom is 0.233 e. The van der Waals surface area contributed by atoms with Gasteiger partial charge in [0.2, 0.25) is 15.5 Å². The monoisotopic (exact) mass is 294 g/mol. The van der Waals surface area contributed by atoms with Crippen LogP contribution in [0.2, 0.25) is 0 Å². The molecule has 1 aromatic carbocycles. The Bertz CT molecular complexity index is 702. The maximum absolute atomic E-state index is 11.2. The molecule has 1 aromatic rings. The van der Waals surface area contributed by atoms with Crippen LogP contribution in [-0.2, 0) is 15.1 Å². The molecular weight excluding hydrogens is 284 g/mol. The standard InChI is InChI=1S/C14H11ClO3S/c1-9-2-4-10(5-3-9)11-6-7-12(14(15)16)13(8-11)19(17)18/h2-8,12H,1H3. The van der Waals surface area contributed by atoms with Crippen LogP contribution in [0.1, 0.15) is 11.1 Å². The van der Waals surface area contributed by atoms with Crippen LogP contribution in [0.15, 0.2) is 42.5 Å². The lowest BCUT2D eigenvalue weighted by Gasteiger charge is -2.13. The van der Waals surface area contributed by atoms with E-state index in [1.165, 1.54) is 12.2 Å². The van der Waals surface area contributed by atoms with E-state index in [9.17, 15) is 13.2 Å². The number of allylic oxidation sites excluding steroid dienone is 4. The molecule has 0 radical (unpaired) electrons. The predicted molar refractivity (Wildman–Crippen MR) is 76.6 cm³/mol. The maximum atomic E-state index is 11.2. The van der Waals surface area contributed by atoms with Crippen LogP contribution in [0.5, 0.6) is 0 Å². The minimum absolute atomic E-state index is 0.00178. The summed E-state index contributed by atoms with van der Waals surface area (Å²) in [5, 5.41) is -0.699. The van der Waals surface area contributed by atoms with E-state index in [1.807, 2.05) is 31.2 Å². The van der Waals surface area contributed by atoms with E-state index in [-0.39, 0.29) is 4.86 Å². The van der Waals surface area contributed by atoms with Crippen molar-refractivity contribution >= 4 is 37.6 Å². The van der Waals surface area contributed by atoms with Crippen LogP contribution in [0.25, 0.3) is 5.57 Å². The van der Waals surface area contributed by atoms with E-state index in [0.717, 1.165) is 16.7 Å². The summed E-state index contributed by atoms with van der Waals surface area (Å²) in [6.07, 6.45) is 4.71. The zero-order chi connectivity index (χ0) is 14.0. The van der Waals surface area contributed by atoms with E-state index in [4.69, 9.17) is 11.6 Å². The number of hydrogen-bond donors (Lipinski definition) is 0. The fourth-order valence-corrected chi connectivity index (χ4v) is 2.72. The van der Waals surface area contributed by atoms with Gasteiger partial charge < -0.3 is 0 Å². The lowest BCUT2D eigenvalue weighted by molar-refractivity contribution is -0.112. The first-order valence-corrected chi connectivity index (χ1v) is 7.06. The number of halogens is 1. The summed E-state index contributed by atoms with van der Waals surface area (Å²) in [4.78, 5) is 11.2. The number of rotatable bonds is 2.